The molecule has 0 aliphatic rings. The maximum absolute atomic E-state index is 13.1. The molecule has 0 bridgehead atoms. The number of hydroxylamine groups is 4. The number of nitriles is 2. The summed E-state index contributed by atoms with van der Waals surface area (Å²) in [5, 5.41) is 47.3. The minimum absolute atomic E-state index is 0.112. The molecule has 14 heteroatoms. The van der Waals surface area contributed by atoms with E-state index < -0.39 is 45.0 Å². The molecule has 0 aliphatic heterocycles. The first-order valence-electron chi connectivity index (χ1n) is 24.5. The van der Waals surface area contributed by atoms with Crippen LogP contribution in [0.5, 0.6) is 0 Å². The first kappa shape index (κ1) is 63.4. The van der Waals surface area contributed by atoms with Gasteiger partial charge in [0.05, 0.1) is 79.0 Å². The molecule has 2 heterocycles. The van der Waals surface area contributed by atoms with E-state index in [0.717, 1.165) is 15.3 Å². The molecule has 12 nitrogen and oxygen atoms in total. The first-order valence-corrected chi connectivity index (χ1v) is 26.3. The van der Waals surface area contributed by atoms with Crippen molar-refractivity contribution >= 4 is 40.7 Å². The molecule has 0 saturated carbocycles. The molecule has 2 aromatic carbocycles. The molecule has 2 aromatic heterocycles. The number of rotatable bonds is 24. The van der Waals surface area contributed by atoms with Crippen molar-refractivity contribution in [3.63, 3.8) is 0 Å². The van der Waals surface area contributed by atoms with E-state index >= 15 is 0 Å². The van der Waals surface area contributed by atoms with E-state index in [1.165, 1.54) is 19.8 Å². The number of esters is 2. The molecule has 396 valence electrons. The summed E-state index contributed by atoms with van der Waals surface area (Å²) in [6.07, 6.45) is 2.09. The van der Waals surface area contributed by atoms with E-state index in [1.807, 2.05) is 149 Å². The predicted octanol–water partition coefficient (Wildman–Crippen LogP) is 13.4. The summed E-state index contributed by atoms with van der Waals surface area (Å²) in [5.74, 6) is -0.587. The number of benzene rings is 2. The smallest absolute Gasteiger partial charge is 0.340 e. The van der Waals surface area contributed by atoms with Crippen LogP contribution in [-0.2, 0) is 28.7 Å². The van der Waals surface area contributed by atoms with Gasteiger partial charge in [-0.05, 0) is 128 Å². The Morgan fingerprint density at radius 2 is 1.08 bits per heavy atom. The van der Waals surface area contributed by atoms with E-state index in [4.69, 9.17) is 19.1 Å². The average Bonchev–Trinajstić information content (AvgIpc) is 4.09. The number of hydrogen-bond acceptors (Lipinski definition) is 14. The Morgan fingerprint density at radius 1 is 0.653 bits per heavy atom. The van der Waals surface area contributed by atoms with Crippen LogP contribution in [0.25, 0.3) is 6.08 Å². The summed E-state index contributed by atoms with van der Waals surface area (Å²) >= 11 is 3.26. The monoisotopic (exact) mass is 1030 g/mol. The molecule has 0 amide bonds. The van der Waals surface area contributed by atoms with Crippen molar-refractivity contribution in [1.29, 1.82) is 10.5 Å². The van der Waals surface area contributed by atoms with Gasteiger partial charge in [0.15, 0.2) is 5.60 Å². The van der Waals surface area contributed by atoms with Crippen molar-refractivity contribution in [2.24, 2.45) is 28.1 Å². The number of carbonyl (C=O) groups is 2. The van der Waals surface area contributed by atoms with Gasteiger partial charge in [0.2, 0.25) is 0 Å². The summed E-state index contributed by atoms with van der Waals surface area (Å²) < 4.78 is 10.2. The van der Waals surface area contributed by atoms with Crippen molar-refractivity contribution in [2.45, 2.75) is 151 Å². The highest BCUT2D eigenvalue weighted by molar-refractivity contribution is 7.10. The average molecular weight is 1030 g/mol. The molecule has 0 radical (unpaired) electrons. The topological polar surface area (TPSA) is 166 Å². The van der Waals surface area contributed by atoms with E-state index in [2.05, 4.69) is 52.5 Å². The van der Waals surface area contributed by atoms with Crippen LogP contribution in [-0.4, -0.2) is 76.4 Å². The van der Waals surface area contributed by atoms with Gasteiger partial charge in [0.25, 0.3) is 0 Å². The van der Waals surface area contributed by atoms with E-state index in [-0.39, 0.29) is 49.5 Å². The molecule has 0 spiro atoms. The van der Waals surface area contributed by atoms with Crippen LogP contribution in [0.4, 0.5) is 0 Å². The molecule has 2 N–H and O–H groups in total. The Bertz CT molecular complexity index is 2300. The molecule has 0 aliphatic carbocycles. The van der Waals surface area contributed by atoms with Gasteiger partial charge in [-0.1, -0.05) is 113 Å². The first-order chi connectivity index (χ1) is 33.6. The van der Waals surface area contributed by atoms with Gasteiger partial charge in [-0.2, -0.15) is 20.7 Å². The Kier molecular flexibility index (Phi) is 24.7. The fraction of sp³-hybridized carbons (Fsp3) is 0.552. The fourth-order valence-corrected chi connectivity index (χ4v) is 10.6. The number of ether oxygens (including phenoxy) is 2. The van der Waals surface area contributed by atoms with Crippen molar-refractivity contribution in [1.82, 2.24) is 10.1 Å². The Labute approximate surface area is 440 Å². The number of aliphatic hydroxyl groups excluding tert-OH is 2. The Balaban J connectivity index is 0.000000435. The SMILES string of the molecule is C=Cc1ccccc1.COC(=O)C(C)(CC(C)(C)C#N)ON(C(c1cccs1)C(C)C)C(C)(C)CO.COC(=O)C(C)(CC(ON(C(c1cccs1)C(C)C)C(C)(C)CO)c1ccccc1)CC(C)(C)C#N. The van der Waals surface area contributed by atoms with Gasteiger partial charge >= 0.3 is 11.9 Å². The van der Waals surface area contributed by atoms with Gasteiger partial charge in [-0.15, -0.1) is 22.7 Å². The van der Waals surface area contributed by atoms with Crippen LogP contribution < -0.4 is 0 Å². The van der Waals surface area contributed by atoms with E-state index in [1.54, 1.807) is 48.5 Å². The van der Waals surface area contributed by atoms with Crippen LogP contribution in [0.3, 0.4) is 0 Å². The normalized spacial score (nSPS) is 15.1. The molecule has 72 heavy (non-hydrogen) atoms. The standard InChI is InChI=1S/C29H42N2O4S.C21H34N2O4S.C8H8/c1-21(2)25(24-15-12-16-36-24)31(28(5,6)20-32)35-23(22-13-10-9-11-14-22)17-29(7,26(33)34-8)18-27(3,4)19-30;1-15(2)17(16-10-9-11-28-16)23(20(5,6)14-24)27-21(7,18(25)26-8)12-19(3,4)13-22;1-2-8-6-4-3-5-7-8/h9-16,21,23,25,32H,17-18,20H2,1-8H3;9-11,15,17,24H,12,14H2,1-8H3;2-7H,1H2. The number of thiophene rings is 2. The van der Waals surface area contributed by atoms with E-state index in [0.29, 0.717) is 12.8 Å². The molecule has 4 rings (SSSR count). The largest absolute Gasteiger partial charge is 0.469 e. The third-order valence-electron chi connectivity index (χ3n) is 12.3. The number of hydrogen-bond donors (Lipinski definition) is 2. The zero-order valence-corrected chi connectivity index (χ0v) is 47.5. The van der Waals surface area contributed by atoms with Gasteiger partial charge in [-0.25, -0.2) is 4.79 Å². The molecule has 5 unspecified atom stereocenters. The molecule has 4 aromatic rings. The maximum Gasteiger partial charge on any atom is 0.340 e. The number of methoxy groups -OCH3 is 2. The summed E-state index contributed by atoms with van der Waals surface area (Å²) in [4.78, 5) is 41.3. The highest BCUT2D eigenvalue weighted by Crippen LogP contribution is 2.46. The Morgan fingerprint density at radius 3 is 1.46 bits per heavy atom. The van der Waals surface area contributed by atoms with Gasteiger partial charge in [0.1, 0.15) is 6.10 Å². The van der Waals surface area contributed by atoms with Crippen LogP contribution in [0.15, 0.2) is 102 Å². The second-order valence-corrected chi connectivity index (χ2v) is 24.0. The minimum Gasteiger partial charge on any atom is -0.469 e. The third-order valence-corrected chi connectivity index (χ3v) is 14.2. The van der Waals surface area contributed by atoms with Crippen LogP contribution in [0.2, 0.25) is 0 Å². The lowest BCUT2D eigenvalue weighted by Gasteiger charge is -2.47. The van der Waals surface area contributed by atoms with Crippen LogP contribution in [0.1, 0.15) is 155 Å². The van der Waals surface area contributed by atoms with E-state index in [9.17, 15) is 30.3 Å². The molecular formula is C58H84N4O8S2. The van der Waals surface area contributed by atoms with Crippen molar-refractivity contribution < 1.29 is 39.0 Å². The van der Waals surface area contributed by atoms with Crippen molar-refractivity contribution in [3.8, 4) is 12.1 Å². The summed E-state index contributed by atoms with van der Waals surface area (Å²) in [7, 11) is 2.69. The fourth-order valence-electron chi connectivity index (χ4n) is 8.60. The third kappa shape index (κ3) is 18.3. The van der Waals surface area contributed by atoms with Crippen molar-refractivity contribution in [2.75, 3.05) is 27.4 Å². The molecule has 0 saturated heterocycles. The van der Waals surface area contributed by atoms with Gasteiger partial charge < -0.3 is 19.7 Å². The molecule has 0 fully saturated rings. The predicted molar refractivity (Wildman–Crippen MR) is 291 cm³/mol. The summed E-state index contributed by atoms with van der Waals surface area (Å²) in [6.45, 7) is 30.1. The quantitative estimate of drug-likeness (QED) is 0.0505. The highest BCUT2D eigenvalue weighted by atomic mass is 32.1. The van der Waals surface area contributed by atoms with Crippen LogP contribution in [0, 0.1) is 50.7 Å². The Hall–Kier alpha value is -4.74. The van der Waals surface area contributed by atoms with Crippen molar-refractivity contribution in [3.05, 3.63) is 123 Å². The number of nitrogens with zero attached hydrogens (tertiary/aromatic N) is 4. The second-order valence-electron chi connectivity index (χ2n) is 22.0. The number of aliphatic hydroxyl groups is 2. The zero-order valence-electron chi connectivity index (χ0n) is 45.9. The highest BCUT2D eigenvalue weighted by Gasteiger charge is 2.49. The number of carbonyl (C=O) groups excluding carboxylic acids is 2. The van der Waals surface area contributed by atoms with Gasteiger partial charge in [-0.3, -0.25) is 14.5 Å². The summed E-state index contributed by atoms with van der Waals surface area (Å²) in [6, 6.07) is 32.2. The molecule has 5 atom stereocenters. The maximum atomic E-state index is 13.1. The minimum atomic E-state index is -1.38. The molecular weight excluding hydrogens is 945 g/mol. The summed E-state index contributed by atoms with van der Waals surface area (Å²) in [5.41, 5.74) is -3.28. The lowest BCUT2D eigenvalue weighted by molar-refractivity contribution is -0.313. The zero-order chi connectivity index (χ0) is 54.7. The second kappa shape index (κ2) is 28.1. The lowest BCUT2D eigenvalue weighted by atomic mass is 9.71. The lowest BCUT2D eigenvalue weighted by Crippen LogP contribution is -2.56. The van der Waals surface area contributed by atoms with Gasteiger partial charge in [0, 0.05) is 16.2 Å². The van der Waals surface area contributed by atoms with Crippen LogP contribution >= 0.6 is 22.7 Å².